The predicted molar refractivity (Wildman–Crippen MR) is 90.2 cm³/mol. The van der Waals surface area contributed by atoms with E-state index in [4.69, 9.17) is 11.6 Å². The molecule has 3 nitrogen and oxygen atoms in total. The Morgan fingerprint density at radius 1 is 1.36 bits per heavy atom. The van der Waals surface area contributed by atoms with Gasteiger partial charge in [-0.15, -0.1) is 0 Å². The first-order valence-electron chi connectivity index (χ1n) is 8.40. The van der Waals surface area contributed by atoms with Gasteiger partial charge in [0.15, 0.2) is 0 Å². The third kappa shape index (κ3) is 3.16. The molecule has 0 spiro atoms. The van der Waals surface area contributed by atoms with Gasteiger partial charge in [-0.3, -0.25) is 4.79 Å². The highest BCUT2D eigenvalue weighted by molar-refractivity contribution is 6.30. The fourth-order valence-electron chi connectivity index (χ4n) is 4.00. The number of benzene rings is 1. The van der Waals surface area contributed by atoms with Gasteiger partial charge >= 0.3 is 0 Å². The lowest BCUT2D eigenvalue weighted by atomic mass is 9.77. The number of carbonyl (C=O) groups excluding carboxylic acids is 1. The number of hydrogen-bond donors (Lipinski definition) is 2. The van der Waals surface area contributed by atoms with Crippen LogP contribution in [0.3, 0.4) is 0 Å². The van der Waals surface area contributed by atoms with Crippen molar-refractivity contribution in [3.8, 4) is 0 Å². The molecule has 2 aliphatic rings. The SMILES string of the molecule is CC1CC(NC(=O)C2(c3cccc(Cl)c3)CCCC2)CCN1. The molecule has 22 heavy (non-hydrogen) atoms. The summed E-state index contributed by atoms with van der Waals surface area (Å²) in [6.07, 6.45) is 6.11. The molecule has 1 aliphatic heterocycles. The van der Waals surface area contributed by atoms with Crippen LogP contribution in [0.2, 0.25) is 5.02 Å². The highest BCUT2D eigenvalue weighted by Gasteiger charge is 2.43. The Morgan fingerprint density at radius 2 is 2.14 bits per heavy atom. The fraction of sp³-hybridized carbons (Fsp3) is 0.611. The summed E-state index contributed by atoms with van der Waals surface area (Å²) in [7, 11) is 0. The standard InChI is InChI=1S/C18H25ClN2O/c1-13-11-16(7-10-20-13)21-17(22)18(8-2-3-9-18)14-5-4-6-15(19)12-14/h4-6,12-13,16,20H,2-3,7-11H2,1H3,(H,21,22). The molecule has 1 heterocycles. The van der Waals surface area contributed by atoms with Gasteiger partial charge in [0.25, 0.3) is 0 Å². The van der Waals surface area contributed by atoms with Crippen LogP contribution in [0.4, 0.5) is 0 Å². The van der Waals surface area contributed by atoms with Crippen molar-refractivity contribution in [2.24, 2.45) is 0 Å². The van der Waals surface area contributed by atoms with E-state index < -0.39 is 0 Å². The maximum Gasteiger partial charge on any atom is 0.230 e. The summed E-state index contributed by atoms with van der Waals surface area (Å²) in [5.41, 5.74) is 0.705. The van der Waals surface area contributed by atoms with E-state index in [0.29, 0.717) is 17.1 Å². The summed E-state index contributed by atoms with van der Waals surface area (Å²) in [5, 5.41) is 7.48. The van der Waals surface area contributed by atoms with Crippen molar-refractivity contribution >= 4 is 17.5 Å². The maximum atomic E-state index is 13.1. The largest absolute Gasteiger partial charge is 0.352 e. The second kappa shape index (κ2) is 6.59. The zero-order valence-corrected chi connectivity index (χ0v) is 14.0. The Kier molecular flexibility index (Phi) is 4.74. The molecule has 1 amide bonds. The Bertz CT molecular complexity index is 540. The molecule has 1 saturated carbocycles. The van der Waals surface area contributed by atoms with Crippen molar-refractivity contribution in [3.63, 3.8) is 0 Å². The fourth-order valence-corrected chi connectivity index (χ4v) is 4.19. The van der Waals surface area contributed by atoms with Crippen LogP contribution >= 0.6 is 11.6 Å². The highest BCUT2D eigenvalue weighted by atomic mass is 35.5. The Hall–Kier alpha value is -1.06. The molecule has 1 aliphatic carbocycles. The van der Waals surface area contributed by atoms with E-state index in [-0.39, 0.29) is 11.3 Å². The summed E-state index contributed by atoms with van der Waals surface area (Å²) in [6, 6.07) is 8.63. The highest BCUT2D eigenvalue weighted by Crippen LogP contribution is 2.42. The molecule has 1 saturated heterocycles. The number of carbonyl (C=O) groups is 1. The molecule has 2 unspecified atom stereocenters. The molecule has 0 aromatic heterocycles. The second-order valence-corrected chi connectivity index (χ2v) is 7.29. The van der Waals surface area contributed by atoms with Crippen LogP contribution in [0, 0.1) is 0 Å². The molecule has 0 bridgehead atoms. The molecule has 4 heteroatoms. The topological polar surface area (TPSA) is 41.1 Å². The lowest BCUT2D eigenvalue weighted by Gasteiger charge is -2.34. The predicted octanol–water partition coefficient (Wildman–Crippen LogP) is 3.41. The summed E-state index contributed by atoms with van der Waals surface area (Å²) >= 11 is 6.16. The number of rotatable bonds is 3. The van der Waals surface area contributed by atoms with Gasteiger partial charge in [0.2, 0.25) is 5.91 Å². The Balaban J connectivity index is 1.80. The third-order valence-electron chi connectivity index (χ3n) is 5.23. The molecule has 1 aromatic carbocycles. The van der Waals surface area contributed by atoms with Crippen LogP contribution in [0.25, 0.3) is 0 Å². The minimum Gasteiger partial charge on any atom is -0.352 e. The first-order valence-corrected chi connectivity index (χ1v) is 8.78. The quantitative estimate of drug-likeness (QED) is 0.896. The average molecular weight is 321 g/mol. The van der Waals surface area contributed by atoms with Gasteiger partial charge in [-0.2, -0.15) is 0 Å². The lowest BCUT2D eigenvalue weighted by Crippen LogP contribution is -2.51. The van der Waals surface area contributed by atoms with Gasteiger partial charge < -0.3 is 10.6 Å². The van der Waals surface area contributed by atoms with Gasteiger partial charge in [-0.1, -0.05) is 36.6 Å². The zero-order valence-electron chi connectivity index (χ0n) is 13.2. The molecule has 2 fully saturated rings. The van der Waals surface area contributed by atoms with Gasteiger partial charge in [-0.05, 0) is 56.8 Å². The summed E-state index contributed by atoms with van der Waals surface area (Å²) < 4.78 is 0. The number of hydrogen-bond acceptors (Lipinski definition) is 2. The molecule has 2 atom stereocenters. The Labute approximate surface area is 137 Å². The van der Waals surface area contributed by atoms with E-state index in [0.717, 1.165) is 50.6 Å². The van der Waals surface area contributed by atoms with E-state index in [2.05, 4.69) is 23.6 Å². The summed E-state index contributed by atoms with van der Waals surface area (Å²) in [6.45, 7) is 3.16. The monoisotopic (exact) mass is 320 g/mol. The number of amides is 1. The van der Waals surface area contributed by atoms with Crippen LogP contribution in [-0.2, 0) is 10.2 Å². The molecule has 2 N–H and O–H groups in total. The van der Waals surface area contributed by atoms with E-state index >= 15 is 0 Å². The summed E-state index contributed by atoms with van der Waals surface area (Å²) in [4.78, 5) is 13.1. The van der Waals surface area contributed by atoms with Crippen LogP contribution < -0.4 is 10.6 Å². The van der Waals surface area contributed by atoms with Crippen molar-refractivity contribution in [3.05, 3.63) is 34.9 Å². The molecule has 1 aromatic rings. The molecule has 0 radical (unpaired) electrons. The van der Waals surface area contributed by atoms with Gasteiger partial charge in [0.1, 0.15) is 0 Å². The Morgan fingerprint density at radius 3 is 2.82 bits per heavy atom. The zero-order chi connectivity index (χ0) is 15.6. The van der Waals surface area contributed by atoms with E-state index in [1.165, 1.54) is 0 Å². The van der Waals surface area contributed by atoms with Crippen molar-refractivity contribution in [2.45, 2.75) is 62.9 Å². The third-order valence-corrected chi connectivity index (χ3v) is 5.46. The van der Waals surface area contributed by atoms with Crippen LogP contribution in [0.15, 0.2) is 24.3 Å². The van der Waals surface area contributed by atoms with Gasteiger partial charge in [0, 0.05) is 17.1 Å². The van der Waals surface area contributed by atoms with E-state index in [1.807, 2.05) is 18.2 Å². The van der Waals surface area contributed by atoms with Gasteiger partial charge in [0.05, 0.1) is 5.41 Å². The maximum absolute atomic E-state index is 13.1. The first-order chi connectivity index (χ1) is 10.6. The molecule has 120 valence electrons. The molecular formula is C18H25ClN2O. The van der Waals surface area contributed by atoms with Crippen LogP contribution in [0.5, 0.6) is 0 Å². The van der Waals surface area contributed by atoms with Crippen molar-refractivity contribution in [1.82, 2.24) is 10.6 Å². The minimum absolute atomic E-state index is 0.200. The van der Waals surface area contributed by atoms with Crippen molar-refractivity contribution in [2.75, 3.05) is 6.54 Å². The van der Waals surface area contributed by atoms with E-state index in [9.17, 15) is 4.79 Å². The van der Waals surface area contributed by atoms with Crippen molar-refractivity contribution < 1.29 is 4.79 Å². The smallest absolute Gasteiger partial charge is 0.230 e. The first kappa shape index (κ1) is 15.8. The average Bonchev–Trinajstić information content (AvgIpc) is 2.98. The van der Waals surface area contributed by atoms with Gasteiger partial charge in [-0.25, -0.2) is 0 Å². The normalized spacial score (nSPS) is 27.5. The summed E-state index contributed by atoms with van der Waals surface area (Å²) in [5.74, 6) is 0.200. The lowest BCUT2D eigenvalue weighted by molar-refractivity contribution is -0.127. The van der Waals surface area contributed by atoms with Crippen LogP contribution in [0.1, 0.15) is 51.0 Å². The van der Waals surface area contributed by atoms with Crippen molar-refractivity contribution in [1.29, 1.82) is 0 Å². The number of piperidine rings is 1. The minimum atomic E-state index is -0.376. The van der Waals surface area contributed by atoms with Crippen LogP contribution in [-0.4, -0.2) is 24.5 Å². The number of nitrogens with one attached hydrogen (secondary N) is 2. The second-order valence-electron chi connectivity index (χ2n) is 6.85. The number of halogens is 1. The molecule has 3 rings (SSSR count). The molecular weight excluding hydrogens is 296 g/mol. The van der Waals surface area contributed by atoms with E-state index in [1.54, 1.807) is 0 Å².